The topological polar surface area (TPSA) is 127 Å². The maximum Gasteiger partial charge on any atom is 0.295 e. The fourth-order valence-electron chi connectivity index (χ4n) is 3.24. The van der Waals surface area contributed by atoms with Gasteiger partial charge in [0.1, 0.15) is 16.3 Å². The van der Waals surface area contributed by atoms with Crippen molar-refractivity contribution in [1.82, 2.24) is 4.98 Å². The van der Waals surface area contributed by atoms with Gasteiger partial charge in [-0.05, 0) is 17.7 Å². The molecule has 156 valence electrons. The molecular weight excluding hydrogens is 416 g/mol. The lowest BCUT2D eigenvalue weighted by Crippen LogP contribution is -2.01. The highest BCUT2D eigenvalue weighted by Gasteiger charge is 2.18. The summed E-state index contributed by atoms with van der Waals surface area (Å²) in [4.78, 5) is 3.98. The van der Waals surface area contributed by atoms with E-state index in [4.69, 9.17) is 10.5 Å². The first-order valence-electron chi connectivity index (χ1n) is 9.18. The first-order chi connectivity index (χ1) is 14.9. The number of methoxy groups -OCH3 is 1. The Morgan fingerprint density at radius 2 is 1.65 bits per heavy atom. The highest BCUT2D eigenvalue weighted by Crippen LogP contribution is 2.37. The Kier molecular flexibility index (Phi) is 5.37. The molecule has 0 saturated carbocycles. The molecule has 1 aromatic heterocycles. The molecule has 3 aromatic carbocycles. The Hall–Kier alpha value is -3.82. The number of nitrogens with two attached hydrogens (primary N) is 1. The molecule has 0 aliphatic rings. The van der Waals surface area contributed by atoms with Gasteiger partial charge in [0.15, 0.2) is 0 Å². The highest BCUT2D eigenvalue weighted by atomic mass is 32.2. The van der Waals surface area contributed by atoms with Crippen molar-refractivity contribution in [2.24, 2.45) is 10.2 Å². The molecule has 31 heavy (non-hydrogen) atoms. The fourth-order valence-corrected chi connectivity index (χ4v) is 3.96. The van der Waals surface area contributed by atoms with E-state index in [1.807, 2.05) is 30.3 Å². The number of aromatic nitrogens is 1. The minimum atomic E-state index is -4.49. The number of azo groups is 1. The van der Waals surface area contributed by atoms with E-state index >= 15 is 0 Å². The summed E-state index contributed by atoms with van der Waals surface area (Å²) in [6.07, 6.45) is 1.48. The Morgan fingerprint density at radius 3 is 2.32 bits per heavy atom. The van der Waals surface area contributed by atoms with Gasteiger partial charge in [0.2, 0.25) is 5.88 Å². The molecule has 1 heterocycles. The largest absolute Gasteiger partial charge is 0.481 e. The van der Waals surface area contributed by atoms with Crippen LogP contribution in [0.15, 0.2) is 88.1 Å². The molecule has 0 unspecified atom stereocenters. The fraction of sp³-hybridized carbons (Fsp3) is 0.0455. The summed E-state index contributed by atoms with van der Waals surface area (Å²) in [5, 5.41) is 9.07. The molecule has 0 aliphatic carbocycles. The summed E-state index contributed by atoms with van der Waals surface area (Å²) < 4.78 is 38.7. The number of ether oxygens (including phenoxy) is 1. The zero-order valence-electron chi connectivity index (χ0n) is 16.4. The maximum absolute atomic E-state index is 11.9. The third-order valence-corrected chi connectivity index (χ3v) is 5.59. The second-order valence-electron chi connectivity index (χ2n) is 6.64. The molecule has 0 saturated heterocycles. The normalized spacial score (nSPS) is 11.8. The first-order valence-corrected chi connectivity index (χ1v) is 10.6. The van der Waals surface area contributed by atoms with Crippen LogP contribution in [0.25, 0.3) is 21.9 Å². The third-order valence-electron chi connectivity index (χ3n) is 4.69. The third kappa shape index (κ3) is 4.09. The number of rotatable bonds is 5. The van der Waals surface area contributed by atoms with Gasteiger partial charge in [0.25, 0.3) is 10.1 Å². The minimum absolute atomic E-state index is 0.114. The quantitative estimate of drug-likeness (QED) is 0.254. The molecule has 0 fully saturated rings. The van der Waals surface area contributed by atoms with Crippen LogP contribution in [0, 0.1) is 0 Å². The van der Waals surface area contributed by atoms with Crippen LogP contribution >= 0.6 is 0 Å². The van der Waals surface area contributed by atoms with Gasteiger partial charge in [-0.1, -0.05) is 54.6 Å². The second-order valence-corrected chi connectivity index (χ2v) is 8.03. The van der Waals surface area contributed by atoms with Gasteiger partial charge in [-0.2, -0.15) is 8.42 Å². The summed E-state index contributed by atoms with van der Waals surface area (Å²) >= 11 is 0. The highest BCUT2D eigenvalue weighted by molar-refractivity contribution is 7.86. The number of pyridine rings is 1. The van der Waals surface area contributed by atoms with E-state index in [9.17, 15) is 13.0 Å². The summed E-state index contributed by atoms with van der Waals surface area (Å²) in [5.74, 6) is 0.434. The summed E-state index contributed by atoms with van der Waals surface area (Å²) in [5.41, 5.74) is 8.59. The number of anilines is 1. The van der Waals surface area contributed by atoms with Gasteiger partial charge in [0.05, 0.1) is 19.0 Å². The monoisotopic (exact) mass is 434 g/mol. The molecule has 9 heteroatoms. The SMILES string of the molecule is COc1ncc(/N=N/c2cc(S(=O)(=O)O)c3ccccc3c2N)cc1-c1ccccc1. The minimum Gasteiger partial charge on any atom is -0.481 e. The molecule has 0 aliphatic heterocycles. The molecule has 8 nitrogen and oxygen atoms in total. The number of hydrogen-bond donors (Lipinski definition) is 2. The number of fused-ring (bicyclic) bond motifs is 1. The number of benzene rings is 3. The predicted molar refractivity (Wildman–Crippen MR) is 119 cm³/mol. The van der Waals surface area contributed by atoms with Gasteiger partial charge < -0.3 is 10.5 Å². The zero-order chi connectivity index (χ0) is 22.0. The van der Waals surface area contributed by atoms with Crippen LogP contribution in [0.3, 0.4) is 0 Å². The molecule has 3 N–H and O–H groups in total. The number of nitrogen functional groups attached to an aromatic ring is 1. The summed E-state index contributed by atoms with van der Waals surface area (Å²) in [6.45, 7) is 0. The molecule has 4 rings (SSSR count). The van der Waals surface area contributed by atoms with Gasteiger partial charge >= 0.3 is 0 Å². The standard InChI is InChI=1S/C22H18N4O4S/c1-30-22-18(14-7-3-2-4-8-14)11-15(13-24-22)25-26-19-12-20(31(27,28)29)16-9-5-6-10-17(16)21(19)23/h2-13H,23H2,1H3,(H,27,28,29)/b26-25+. The van der Waals surface area contributed by atoms with Gasteiger partial charge in [-0.15, -0.1) is 10.2 Å². The van der Waals surface area contributed by atoms with Gasteiger partial charge in [-0.25, -0.2) is 4.98 Å². The van der Waals surface area contributed by atoms with Crippen LogP contribution in [0.5, 0.6) is 5.88 Å². The summed E-state index contributed by atoms with van der Waals surface area (Å²) in [7, 11) is -2.96. The van der Waals surface area contributed by atoms with Crippen LogP contribution in [-0.2, 0) is 10.1 Å². The Morgan fingerprint density at radius 1 is 0.968 bits per heavy atom. The van der Waals surface area contributed by atoms with Crippen LogP contribution in [-0.4, -0.2) is 25.1 Å². The van der Waals surface area contributed by atoms with Crippen LogP contribution in [0.4, 0.5) is 17.1 Å². The molecule has 0 radical (unpaired) electrons. The van der Waals surface area contributed by atoms with E-state index in [-0.39, 0.29) is 16.3 Å². The van der Waals surface area contributed by atoms with E-state index in [0.29, 0.717) is 22.3 Å². The number of hydrogen-bond acceptors (Lipinski definition) is 7. The van der Waals surface area contributed by atoms with Gasteiger partial charge in [-0.3, -0.25) is 4.55 Å². The van der Waals surface area contributed by atoms with E-state index in [1.54, 1.807) is 30.3 Å². The van der Waals surface area contributed by atoms with Crippen molar-refractivity contribution in [2.45, 2.75) is 4.90 Å². The predicted octanol–water partition coefficient (Wildman–Crippen LogP) is 5.15. The van der Waals surface area contributed by atoms with Crippen molar-refractivity contribution in [3.8, 4) is 17.0 Å². The molecule has 0 amide bonds. The lowest BCUT2D eigenvalue weighted by Gasteiger charge is -2.10. The van der Waals surface area contributed by atoms with Crippen molar-refractivity contribution in [1.29, 1.82) is 0 Å². The Labute approximate surface area is 178 Å². The second kappa shape index (κ2) is 8.13. The Bertz CT molecular complexity index is 1400. The zero-order valence-corrected chi connectivity index (χ0v) is 17.2. The van der Waals surface area contributed by atoms with E-state index in [1.165, 1.54) is 19.4 Å². The average molecular weight is 434 g/mol. The van der Waals surface area contributed by atoms with E-state index in [0.717, 1.165) is 11.1 Å². The smallest absolute Gasteiger partial charge is 0.295 e. The molecular formula is C22H18N4O4S. The van der Waals surface area contributed by atoms with E-state index < -0.39 is 10.1 Å². The molecule has 4 aromatic rings. The van der Waals surface area contributed by atoms with Gasteiger partial charge in [0, 0.05) is 16.3 Å². The Balaban J connectivity index is 1.82. The van der Waals surface area contributed by atoms with Crippen molar-refractivity contribution < 1.29 is 17.7 Å². The van der Waals surface area contributed by atoms with Crippen molar-refractivity contribution in [2.75, 3.05) is 12.8 Å². The van der Waals surface area contributed by atoms with Crippen molar-refractivity contribution in [3.05, 3.63) is 72.9 Å². The van der Waals surface area contributed by atoms with Crippen LogP contribution in [0.1, 0.15) is 0 Å². The van der Waals surface area contributed by atoms with Crippen LogP contribution in [0.2, 0.25) is 0 Å². The molecule has 0 spiro atoms. The number of nitrogens with zero attached hydrogens (tertiary/aromatic N) is 3. The lowest BCUT2D eigenvalue weighted by atomic mass is 10.1. The van der Waals surface area contributed by atoms with Crippen molar-refractivity contribution >= 4 is 38.0 Å². The lowest BCUT2D eigenvalue weighted by molar-refractivity contribution is 0.400. The molecule has 0 atom stereocenters. The van der Waals surface area contributed by atoms with Crippen molar-refractivity contribution in [3.63, 3.8) is 0 Å². The molecule has 0 bridgehead atoms. The first kappa shape index (κ1) is 20.5. The van der Waals surface area contributed by atoms with Crippen LogP contribution < -0.4 is 10.5 Å². The average Bonchev–Trinajstić information content (AvgIpc) is 2.78. The maximum atomic E-state index is 11.9. The summed E-state index contributed by atoms with van der Waals surface area (Å²) in [6, 6.07) is 19.1. The van der Waals surface area contributed by atoms with E-state index in [2.05, 4.69) is 15.2 Å².